The maximum atomic E-state index is 14.8. The minimum atomic E-state index is -0.642. The van der Waals surface area contributed by atoms with Crippen molar-refractivity contribution in [3.05, 3.63) is 69.0 Å². The van der Waals surface area contributed by atoms with Crippen molar-refractivity contribution < 1.29 is 13.9 Å². The van der Waals surface area contributed by atoms with Gasteiger partial charge in [0.2, 0.25) is 12.6 Å². The second kappa shape index (κ2) is 9.09. The summed E-state index contributed by atoms with van der Waals surface area (Å²) in [5, 5.41) is 9.22. The number of hydrogen-bond acceptors (Lipinski definition) is 8. The Morgan fingerprint density at radius 2 is 2.09 bits per heavy atom. The smallest absolute Gasteiger partial charge is 0.256 e. The van der Waals surface area contributed by atoms with E-state index in [0.29, 0.717) is 42.3 Å². The molecular formula is C24H23FN6O3. The summed E-state index contributed by atoms with van der Waals surface area (Å²) >= 11 is 0. The lowest BCUT2D eigenvalue weighted by molar-refractivity contribution is 0.174. The van der Waals surface area contributed by atoms with Crippen LogP contribution in [0.25, 0.3) is 0 Å². The van der Waals surface area contributed by atoms with Gasteiger partial charge in [-0.1, -0.05) is 6.07 Å². The van der Waals surface area contributed by atoms with Crippen LogP contribution in [0.5, 0.6) is 11.5 Å². The van der Waals surface area contributed by atoms with E-state index in [2.05, 4.69) is 15.0 Å². The number of aromatic nitrogens is 4. The second-order valence-corrected chi connectivity index (χ2v) is 8.34. The predicted molar refractivity (Wildman–Crippen MR) is 120 cm³/mol. The van der Waals surface area contributed by atoms with Gasteiger partial charge in [-0.05, 0) is 43.9 Å². The zero-order valence-corrected chi connectivity index (χ0v) is 18.8. The van der Waals surface area contributed by atoms with Crippen LogP contribution in [0.4, 0.5) is 10.2 Å². The van der Waals surface area contributed by atoms with Gasteiger partial charge in [-0.15, -0.1) is 0 Å². The quantitative estimate of drug-likeness (QED) is 0.551. The van der Waals surface area contributed by atoms with Crippen LogP contribution in [0, 0.1) is 24.1 Å². The van der Waals surface area contributed by atoms with Gasteiger partial charge in [0.25, 0.3) is 5.56 Å². The van der Waals surface area contributed by atoms with E-state index in [1.165, 1.54) is 0 Å². The molecular weight excluding hydrogens is 439 g/mol. The molecule has 10 heteroatoms. The molecule has 0 radical (unpaired) electrons. The van der Waals surface area contributed by atoms with Crippen LogP contribution in [0.1, 0.15) is 41.3 Å². The van der Waals surface area contributed by atoms with Crippen molar-refractivity contribution in [1.29, 1.82) is 5.26 Å². The van der Waals surface area contributed by atoms with Crippen molar-refractivity contribution in [3.63, 3.8) is 0 Å². The highest BCUT2D eigenvalue weighted by Gasteiger charge is 2.21. The summed E-state index contributed by atoms with van der Waals surface area (Å²) in [6.45, 7) is 3.25. The van der Waals surface area contributed by atoms with Gasteiger partial charge in [0, 0.05) is 37.3 Å². The predicted octanol–water partition coefficient (Wildman–Crippen LogP) is 2.67. The Balaban J connectivity index is 1.47. The number of nitrogens with zero attached hydrogens (tertiary/aromatic N) is 6. The van der Waals surface area contributed by atoms with Gasteiger partial charge in [-0.25, -0.2) is 14.4 Å². The normalized spacial score (nSPS) is 13.9. The molecule has 0 aliphatic carbocycles. The molecule has 2 aromatic heterocycles. The number of halogens is 1. The fourth-order valence-corrected chi connectivity index (χ4v) is 4.42. The fraction of sp³-hybridized carbons (Fsp3) is 0.375. The van der Waals surface area contributed by atoms with E-state index in [1.54, 1.807) is 15.5 Å². The molecule has 0 saturated heterocycles. The van der Waals surface area contributed by atoms with E-state index in [9.17, 15) is 14.4 Å². The number of nitriles is 1. The molecule has 0 amide bonds. The Labute approximate surface area is 195 Å². The standard InChI is InChI=1S/C24H23FN6O3/c1-15-17(24(32)31-8-3-2-4-22(31)28-15)7-9-30(23-18(25)12-27-21(11-26)29-23)13-16-5-6-19-20(10-16)34-14-33-19/h5-6,10,12H,2-4,7-9,13-14H2,1H3. The third-order valence-corrected chi connectivity index (χ3v) is 6.15. The van der Waals surface area contributed by atoms with E-state index < -0.39 is 5.82 Å². The molecule has 9 nitrogen and oxygen atoms in total. The lowest BCUT2D eigenvalue weighted by Gasteiger charge is -2.25. The SMILES string of the molecule is Cc1nc2n(c(=O)c1CCN(Cc1ccc3c(c1)OCO3)c1nc(C#N)ncc1F)CCCC2. The van der Waals surface area contributed by atoms with Crippen LogP contribution >= 0.6 is 0 Å². The van der Waals surface area contributed by atoms with Crippen molar-refractivity contribution in [3.8, 4) is 17.6 Å². The molecule has 0 fully saturated rings. The molecule has 3 aromatic rings. The second-order valence-electron chi connectivity index (χ2n) is 8.34. The molecule has 2 aliphatic rings. The molecule has 0 spiro atoms. The van der Waals surface area contributed by atoms with Crippen LogP contribution in [0.3, 0.4) is 0 Å². The van der Waals surface area contributed by atoms with E-state index in [4.69, 9.17) is 9.47 Å². The van der Waals surface area contributed by atoms with E-state index in [-0.39, 0.29) is 30.5 Å². The monoisotopic (exact) mass is 462 g/mol. The summed E-state index contributed by atoms with van der Waals surface area (Å²) in [4.78, 5) is 27.4. The first-order chi connectivity index (χ1) is 16.5. The molecule has 174 valence electrons. The number of aryl methyl sites for hydroxylation is 2. The van der Waals surface area contributed by atoms with E-state index in [0.717, 1.165) is 36.8 Å². The summed E-state index contributed by atoms with van der Waals surface area (Å²) in [7, 11) is 0. The molecule has 1 aromatic carbocycles. The first-order valence-electron chi connectivity index (χ1n) is 11.2. The van der Waals surface area contributed by atoms with Crippen LogP contribution in [-0.2, 0) is 25.9 Å². The van der Waals surface area contributed by atoms with E-state index in [1.807, 2.05) is 25.1 Å². The number of anilines is 1. The van der Waals surface area contributed by atoms with E-state index >= 15 is 0 Å². The maximum Gasteiger partial charge on any atom is 0.256 e. The third-order valence-electron chi connectivity index (χ3n) is 6.15. The fourth-order valence-electron chi connectivity index (χ4n) is 4.42. The summed E-state index contributed by atoms with van der Waals surface area (Å²) in [6.07, 6.45) is 4.14. The van der Waals surface area contributed by atoms with Gasteiger partial charge in [-0.3, -0.25) is 9.36 Å². The largest absolute Gasteiger partial charge is 0.454 e. The minimum absolute atomic E-state index is 0.00731. The maximum absolute atomic E-state index is 14.8. The van der Waals surface area contributed by atoms with Crippen molar-refractivity contribution in [2.45, 2.75) is 45.7 Å². The van der Waals surface area contributed by atoms with Crippen molar-refractivity contribution in [1.82, 2.24) is 19.5 Å². The average Bonchev–Trinajstić information content (AvgIpc) is 3.31. The van der Waals surface area contributed by atoms with Crippen LogP contribution < -0.4 is 19.9 Å². The van der Waals surface area contributed by atoms with Gasteiger partial charge >= 0.3 is 0 Å². The molecule has 5 rings (SSSR count). The van der Waals surface area contributed by atoms with Gasteiger partial charge in [0.1, 0.15) is 11.9 Å². The average molecular weight is 462 g/mol. The molecule has 0 atom stereocenters. The van der Waals surface area contributed by atoms with Crippen molar-refractivity contribution in [2.75, 3.05) is 18.2 Å². The Hall–Kier alpha value is -4.00. The molecule has 2 aliphatic heterocycles. The summed E-state index contributed by atoms with van der Waals surface area (Å²) < 4.78 is 27.4. The zero-order chi connectivity index (χ0) is 23.7. The van der Waals surface area contributed by atoms with Gasteiger partial charge in [0.05, 0.1) is 6.20 Å². The molecule has 0 N–H and O–H groups in total. The number of hydrogen-bond donors (Lipinski definition) is 0. The number of fused-ring (bicyclic) bond motifs is 2. The topological polar surface area (TPSA) is 106 Å². The Morgan fingerprint density at radius 3 is 2.94 bits per heavy atom. The van der Waals surface area contributed by atoms with Crippen LogP contribution in [0.15, 0.2) is 29.2 Å². The molecule has 0 saturated carbocycles. The summed E-state index contributed by atoms with van der Waals surface area (Å²) in [5.74, 6) is 1.34. The van der Waals surface area contributed by atoms with Gasteiger partial charge < -0.3 is 14.4 Å². The van der Waals surface area contributed by atoms with Crippen LogP contribution in [0.2, 0.25) is 0 Å². The molecule has 34 heavy (non-hydrogen) atoms. The number of benzene rings is 1. The Morgan fingerprint density at radius 1 is 1.24 bits per heavy atom. The first-order valence-corrected chi connectivity index (χ1v) is 11.2. The highest BCUT2D eigenvalue weighted by atomic mass is 19.1. The Kier molecular flexibility index (Phi) is 5.84. The molecule has 4 heterocycles. The lowest BCUT2D eigenvalue weighted by atomic mass is 10.1. The van der Waals surface area contributed by atoms with Gasteiger partial charge in [-0.2, -0.15) is 10.2 Å². The highest BCUT2D eigenvalue weighted by molar-refractivity contribution is 5.47. The number of rotatable bonds is 6. The zero-order valence-electron chi connectivity index (χ0n) is 18.8. The minimum Gasteiger partial charge on any atom is -0.454 e. The van der Waals surface area contributed by atoms with Gasteiger partial charge in [0.15, 0.2) is 23.1 Å². The third kappa shape index (κ3) is 4.17. The summed E-state index contributed by atoms with van der Waals surface area (Å²) in [6, 6.07) is 7.36. The lowest BCUT2D eigenvalue weighted by Crippen LogP contribution is -2.34. The Bertz CT molecular complexity index is 1350. The highest BCUT2D eigenvalue weighted by Crippen LogP contribution is 2.33. The molecule has 0 bridgehead atoms. The first kappa shape index (κ1) is 21.8. The van der Waals surface area contributed by atoms with Crippen molar-refractivity contribution in [2.24, 2.45) is 0 Å². The number of ether oxygens (including phenoxy) is 2. The molecule has 0 unspecified atom stereocenters. The van der Waals surface area contributed by atoms with Crippen LogP contribution in [-0.4, -0.2) is 32.9 Å². The summed E-state index contributed by atoms with van der Waals surface area (Å²) in [5.41, 5.74) is 2.11. The van der Waals surface area contributed by atoms with Crippen molar-refractivity contribution >= 4 is 5.82 Å².